The van der Waals surface area contributed by atoms with Gasteiger partial charge in [-0.25, -0.2) is 4.98 Å². The number of benzene rings is 1. The van der Waals surface area contributed by atoms with Crippen molar-refractivity contribution in [2.45, 2.75) is 32.3 Å². The average Bonchev–Trinajstić information content (AvgIpc) is 2.78. The number of nitriles is 1. The van der Waals surface area contributed by atoms with E-state index in [2.05, 4.69) is 20.4 Å². The van der Waals surface area contributed by atoms with Crippen LogP contribution in [0.2, 0.25) is 0 Å². The van der Waals surface area contributed by atoms with Crippen molar-refractivity contribution in [2.24, 2.45) is 10.9 Å². The van der Waals surface area contributed by atoms with Gasteiger partial charge in [-0.3, -0.25) is 4.79 Å². The fourth-order valence-corrected chi connectivity index (χ4v) is 2.99. The smallest absolute Gasteiger partial charge is 0.267 e. The third kappa shape index (κ3) is 5.45. The number of carbonyl (C=O) groups excluding carboxylic acids is 1. The van der Waals surface area contributed by atoms with E-state index in [1.807, 2.05) is 18.2 Å². The highest BCUT2D eigenvalue weighted by molar-refractivity contribution is 5.97. The van der Waals surface area contributed by atoms with Crippen LogP contribution in [0.15, 0.2) is 47.8 Å². The molecule has 0 aliphatic carbocycles. The first-order valence-corrected chi connectivity index (χ1v) is 9.58. The molecule has 3 N–H and O–H groups in total. The predicted molar refractivity (Wildman–Crippen MR) is 111 cm³/mol. The van der Waals surface area contributed by atoms with Gasteiger partial charge in [-0.2, -0.15) is 5.26 Å². The maximum Gasteiger partial charge on any atom is 0.267 e. The number of hydrogen-bond donors (Lipinski definition) is 2. The van der Waals surface area contributed by atoms with E-state index in [0.29, 0.717) is 16.8 Å². The van der Waals surface area contributed by atoms with Gasteiger partial charge < -0.3 is 20.8 Å². The lowest BCUT2D eigenvalue weighted by molar-refractivity contribution is -0.126. The third-order valence-electron chi connectivity index (χ3n) is 4.66. The Morgan fingerprint density at radius 3 is 2.79 bits per heavy atom. The molecule has 0 bridgehead atoms. The number of pyridine rings is 1. The van der Waals surface area contributed by atoms with E-state index in [1.54, 1.807) is 37.4 Å². The number of rotatable bonds is 6. The summed E-state index contributed by atoms with van der Waals surface area (Å²) in [6.45, 7) is 3.60. The number of nitrogens with two attached hydrogens (primary N) is 1. The molecule has 1 aromatic heterocycles. The molecule has 1 fully saturated rings. The normalized spacial score (nSPS) is 15.3. The van der Waals surface area contributed by atoms with Gasteiger partial charge in [0.05, 0.1) is 11.6 Å². The monoisotopic (exact) mass is 392 g/mol. The fourth-order valence-electron chi connectivity index (χ4n) is 2.99. The van der Waals surface area contributed by atoms with E-state index >= 15 is 0 Å². The number of nitrogens with zero attached hydrogens (tertiary/aromatic N) is 4. The maximum absolute atomic E-state index is 12.2. The van der Waals surface area contributed by atoms with Gasteiger partial charge >= 0.3 is 0 Å². The van der Waals surface area contributed by atoms with Gasteiger partial charge in [0.25, 0.3) is 5.91 Å². The summed E-state index contributed by atoms with van der Waals surface area (Å²) in [7, 11) is 0. The summed E-state index contributed by atoms with van der Waals surface area (Å²) in [4.78, 5) is 24.2. The van der Waals surface area contributed by atoms with Crippen LogP contribution >= 0.6 is 0 Å². The minimum absolute atomic E-state index is 0.147. The first kappa shape index (κ1) is 20.1. The van der Waals surface area contributed by atoms with Crippen LogP contribution in [0.1, 0.15) is 37.3 Å². The molecule has 1 atom stereocenters. The van der Waals surface area contributed by atoms with Crippen molar-refractivity contribution >= 4 is 23.2 Å². The summed E-state index contributed by atoms with van der Waals surface area (Å²) in [5.74, 6) is 0.679. The highest BCUT2D eigenvalue weighted by Crippen LogP contribution is 2.17. The van der Waals surface area contributed by atoms with E-state index in [4.69, 9.17) is 15.8 Å². The Hall–Kier alpha value is -3.60. The lowest BCUT2D eigenvalue weighted by Crippen LogP contribution is -2.30. The van der Waals surface area contributed by atoms with Gasteiger partial charge in [0, 0.05) is 30.5 Å². The Kier molecular flexibility index (Phi) is 6.63. The second-order valence-corrected chi connectivity index (χ2v) is 6.86. The molecule has 1 aromatic carbocycles. The van der Waals surface area contributed by atoms with Crippen LogP contribution in [0.25, 0.3) is 0 Å². The number of oxime groups is 1. The number of hydrogen-bond acceptors (Lipinski definition) is 6. The number of nitrogens with one attached hydrogen (secondary N) is 1. The summed E-state index contributed by atoms with van der Waals surface area (Å²) in [5, 5.41) is 15.5. The number of piperidine rings is 1. The van der Waals surface area contributed by atoms with Crippen LogP contribution in [-0.2, 0) is 9.63 Å². The molecule has 0 radical (unpaired) electrons. The standard InChI is InChI=1S/C21H24N6O2/c1-15(21(28)25-18-7-5-6-16(12-18)13-22)29-26-20(23)17-8-9-19(24-14-17)27-10-3-2-4-11-27/h5-9,12,14-15H,2-4,10-11H2,1H3,(H2,23,26)(H,25,28). The van der Waals surface area contributed by atoms with Gasteiger partial charge in [-0.05, 0) is 56.5 Å². The zero-order chi connectivity index (χ0) is 20.6. The van der Waals surface area contributed by atoms with Crippen LogP contribution in [-0.4, -0.2) is 35.9 Å². The van der Waals surface area contributed by atoms with Crippen LogP contribution in [0.4, 0.5) is 11.5 Å². The molecule has 1 saturated heterocycles. The van der Waals surface area contributed by atoms with Crippen molar-refractivity contribution in [2.75, 3.05) is 23.3 Å². The second-order valence-electron chi connectivity index (χ2n) is 6.86. The molecule has 1 aliphatic heterocycles. The largest absolute Gasteiger partial charge is 0.381 e. The van der Waals surface area contributed by atoms with E-state index in [0.717, 1.165) is 18.9 Å². The van der Waals surface area contributed by atoms with E-state index in [-0.39, 0.29) is 5.84 Å². The average molecular weight is 392 g/mol. The Morgan fingerprint density at radius 1 is 1.31 bits per heavy atom. The van der Waals surface area contributed by atoms with Crippen LogP contribution in [0, 0.1) is 11.3 Å². The van der Waals surface area contributed by atoms with E-state index in [9.17, 15) is 4.79 Å². The van der Waals surface area contributed by atoms with Gasteiger partial charge in [-0.15, -0.1) is 0 Å². The third-order valence-corrected chi connectivity index (χ3v) is 4.66. The Morgan fingerprint density at radius 2 is 2.10 bits per heavy atom. The number of aromatic nitrogens is 1. The summed E-state index contributed by atoms with van der Waals surface area (Å²) in [6.07, 6.45) is 4.43. The molecule has 2 heterocycles. The van der Waals surface area contributed by atoms with Gasteiger partial charge in [0.1, 0.15) is 5.82 Å². The van der Waals surface area contributed by atoms with Crippen LogP contribution in [0.3, 0.4) is 0 Å². The van der Waals surface area contributed by atoms with E-state index in [1.165, 1.54) is 19.3 Å². The fraction of sp³-hybridized carbons (Fsp3) is 0.333. The number of carbonyl (C=O) groups is 1. The highest BCUT2D eigenvalue weighted by Gasteiger charge is 2.16. The summed E-state index contributed by atoms with van der Waals surface area (Å²) in [6, 6.07) is 12.4. The van der Waals surface area contributed by atoms with Crippen molar-refractivity contribution < 1.29 is 9.63 Å². The lowest BCUT2D eigenvalue weighted by Gasteiger charge is -2.27. The summed E-state index contributed by atoms with van der Waals surface area (Å²) >= 11 is 0. The second kappa shape index (κ2) is 9.55. The highest BCUT2D eigenvalue weighted by atomic mass is 16.6. The number of amidine groups is 1. The van der Waals surface area contributed by atoms with E-state index < -0.39 is 12.0 Å². The molecule has 2 aromatic rings. The van der Waals surface area contributed by atoms with Crippen molar-refractivity contribution in [1.29, 1.82) is 5.26 Å². The van der Waals surface area contributed by atoms with Gasteiger partial charge in [-0.1, -0.05) is 11.2 Å². The summed E-state index contributed by atoms with van der Waals surface area (Å²) in [5.41, 5.74) is 7.56. The first-order chi connectivity index (χ1) is 14.1. The molecular formula is C21H24N6O2. The minimum Gasteiger partial charge on any atom is -0.381 e. The zero-order valence-electron chi connectivity index (χ0n) is 16.3. The number of anilines is 2. The molecule has 0 saturated carbocycles. The maximum atomic E-state index is 12.2. The minimum atomic E-state index is -0.861. The molecule has 29 heavy (non-hydrogen) atoms. The van der Waals surface area contributed by atoms with Crippen molar-refractivity contribution in [3.63, 3.8) is 0 Å². The first-order valence-electron chi connectivity index (χ1n) is 9.58. The van der Waals surface area contributed by atoms with Crippen LogP contribution < -0.4 is 16.0 Å². The van der Waals surface area contributed by atoms with Crippen molar-refractivity contribution in [3.8, 4) is 6.07 Å². The Labute approximate surface area is 170 Å². The molecule has 0 spiro atoms. The molecule has 8 heteroatoms. The number of amides is 1. The zero-order valence-corrected chi connectivity index (χ0v) is 16.3. The topological polar surface area (TPSA) is 117 Å². The SMILES string of the molecule is CC(O/N=C(/N)c1ccc(N2CCCCC2)nc1)C(=O)Nc1cccc(C#N)c1. The van der Waals surface area contributed by atoms with Crippen molar-refractivity contribution in [1.82, 2.24) is 4.98 Å². The molecule has 1 aliphatic rings. The molecule has 1 amide bonds. The predicted octanol–water partition coefficient (Wildman–Crippen LogP) is 2.61. The lowest BCUT2D eigenvalue weighted by atomic mass is 10.1. The molecule has 3 rings (SSSR count). The quantitative estimate of drug-likeness (QED) is 0.443. The van der Waals surface area contributed by atoms with Gasteiger partial charge in [0.15, 0.2) is 5.84 Å². The van der Waals surface area contributed by atoms with Gasteiger partial charge in [0.2, 0.25) is 6.10 Å². The van der Waals surface area contributed by atoms with Crippen molar-refractivity contribution in [3.05, 3.63) is 53.7 Å². The molecule has 8 nitrogen and oxygen atoms in total. The Bertz CT molecular complexity index is 914. The van der Waals surface area contributed by atoms with Crippen LogP contribution in [0.5, 0.6) is 0 Å². The Balaban J connectivity index is 1.56. The molecular weight excluding hydrogens is 368 g/mol. The molecule has 150 valence electrons. The molecule has 1 unspecified atom stereocenters. The summed E-state index contributed by atoms with van der Waals surface area (Å²) < 4.78 is 0.